The zero-order valence-corrected chi connectivity index (χ0v) is 19.8. The van der Waals surface area contributed by atoms with Gasteiger partial charge in [-0.2, -0.15) is 0 Å². The summed E-state index contributed by atoms with van der Waals surface area (Å²) in [6, 6.07) is 1.96. The number of nitrogens with one attached hydrogen (secondary N) is 2. The Labute approximate surface area is 174 Å². The second kappa shape index (κ2) is 11.1. The van der Waals surface area contributed by atoms with Crippen LogP contribution in [0.5, 0.6) is 0 Å². The third-order valence-corrected chi connectivity index (χ3v) is 6.84. The molecule has 0 saturated carbocycles. The van der Waals surface area contributed by atoms with Crippen LogP contribution >= 0.6 is 24.0 Å². The Kier molecular flexibility index (Phi) is 10.7. The minimum atomic E-state index is -3.15. The van der Waals surface area contributed by atoms with E-state index in [-0.39, 0.29) is 29.7 Å². The molecule has 0 bridgehead atoms. The van der Waals surface area contributed by atoms with Crippen LogP contribution in [-0.2, 0) is 16.4 Å². The lowest BCUT2D eigenvalue weighted by Gasteiger charge is -2.19. The monoisotopic (exact) mass is 500 g/mol. The summed E-state index contributed by atoms with van der Waals surface area (Å²) in [6.07, 6.45) is 2.06. The average Bonchev–Trinajstić information content (AvgIpc) is 2.99. The van der Waals surface area contributed by atoms with E-state index >= 15 is 0 Å². The van der Waals surface area contributed by atoms with Crippen molar-refractivity contribution in [2.75, 3.05) is 19.3 Å². The highest BCUT2D eigenvalue weighted by molar-refractivity contribution is 14.0. The minimum absolute atomic E-state index is 0. The van der Waals surface area contributed by atoms with Crippen LogP contribution in [0.15, 0.2) is 15.6 Å². The summed E-state index contributed by atoms with van der Waals surface area (Å²) in [4.78, 5) is 4.10. The lowest BCUT2D eigenvalue weighted by molar-refractivity contribution is 0.368. The molecule has 0 amide bonds. The summed E-state index contributed by atoms with van der Waals surface area (Å²) in [7, 11) is -1.51. The van der Waals surface area contributed by atoms with Crippen LogP contribution in [0.3, 0.4) is 0 Å². The Morgan fingerprint density at radius 1 is 1.27 bits per heavy atom. The third-order valence-electron chi connectivity index (χ3n) is 4.23. The van der Waals surface area contributed by atoms with E-state index in [0.717, 1.165) is 24.3 Å². The number of sulfone groups is 1. The van der Waals surface area contributed by atoms with Crippen molar-refractivity contribution in [3.05, 3.63) is 17.5 Å². The van der Waals surface area contributed by atoms with Crippen LogP contribution in [0.25, 0.3) is 0 Å². The second-order valence-corrected chi connectivity index (χ2v) is 9.88. The number of hydrogen-bond acceptors (Lipinski definition) is 5. The van der Waals surface area contributed by atoms with E-state index in [1.807, 2.05) is 6.07 Å². The fraction of sp³-hybridized carbons (Fsp3) is 0.765. The molecule has 1 aromatic rings. The minimum Gasteiger partial charge on any atom is -0.359 e. The van der Waals surface area contributed by atoms with Crippen molar-refractivity contribution in [3.8, 4) is 0 Å². The highest BCUT2D eigenvalue weighted by Crippen LogP contribution is 2.22. The summed E-state index contributed by atoms with van der Waals surface area (Å²) < 4.78 is 28.8. The van der Waals surface area contributed by atoms with Gasteiger partial charge in [-0.05, 0) is 33.6 Å². The van der Waals surface area contributed by atoms with E-state index in [1.165, 1.54) is 0 Å². The summed E-state index contributed by atoms with van der Waals surface area (Å²) in [5.74, 6) is 1.73. The second-order valence-electron chi connectivity index (χ2n) is 7.02. The van der Waals surface area contributed by atoms with Crippen molar-refractivity contribution < 1.29 is 12.9 Å². The van der Waals surface area contributed by atoms with E-state index in [1.54, 1.807) is 27.8 Å². The third kappa shape index (κ3) is 7.42. The molecule has 9 heteroatoms. The Morgan fingerprint density at radius 2 is 1.88 bits per heavy atom. The van der Waals surface area contributed by atoms with Gasteiger partial charge in [-0.25, -0.2) is 8.42 Å². The van der Waals surface area contributed by atoms with E-state index in [4.69, 9.17) is 4.52 Å². The van der Waals surface area contributed by atoms with Crippen molar-refractivity contribution in [1.29, 1.82) is 0 Å². The van der Waals surface area contributed by atoms with Gasteiger partial charge in [-0.1, -0.05) is 19.0 Å². The molecule has 152 valence electrons. The van der Waals surface area contributed by atoms with Gasteiger partial charge >= 0.3 is 0 Å². The SMILES string of the molecule is CCC(CC)c1cc(CNC(=NC)NCCS(=O)(=O)C(C)(C)C)on1.I. The van der Waals surface area contributed by atoms with Gasteiger partial charge in [-0.3, -0.25) is 4.99 Å². The molecular weight excluding hydrogens is 467 g/mol. The quantitative estimate of drug-likeness (QED) is 0.324. The Morgan fingerprint density at radius 3 is 2.38 bits per heavy atom. The molecule has 0 spiro atoms. The van der Waals surface area contributed by atoms with Crippen LogP contribution in [0, 0.1) is 0 Å². The Balaban J connectivity index is 0.00000625. The van der Waals surface area contributed by atoms with Crippen LogP contribution in [0.1, 0.15) is 64.8 Å². The molecule has 0 aliphatic heterocycles. The number of rotatable bonds is 8. The number of aliphatic imine (C=N–C) groups is 1. The van der Waals surface area contributed by atoms with Crippen molar-refractivity contribution >= 4 is 39.8 Å². The van der Waals surface area contributed by atoms with Crippen LogP contribution in [0.4, 0.5) is 0 Å². The van der Waals surface area contributed by atoms with Gasteiger partial charge in [0, 0.05) is 25.6 Å². The van der Waals surface area contributed by atoms with Crippen molar-refractivity contribution in [1.82, 2.24) is 15.8 Å². The van der Waals surface area contributed by atoms with Crippen LogP contribution in [0.2, 0.25) is 0 Å². The first-order valence-electron chi connectivity index (χ1n) is 8.76. The predicted molar refractivity (Wildman–Crippen MR) is 117 cm³/mol. The van der Waals surface area contributed by atoms with Crippen LogP contribution < -0.4 is 10.6 Å². The van der Waals surface area contributed by atoms with E-state index in [9.17, 15) is 8.42 Å². The first-order valence-corrected chi connectivity index (χ1v) is 10.4. The molecule has 0 aliphatic carbocycles. The average molecular weight is 500 g/mol. The predicted octanol–water partition coefficient (Wildman–Crippen LogP) is 3.07. The molecule has 0 fully saturated rings. The number of hydrogen-bond donors (Lipinski definition) is 2. The number of nitrogens with zero attached hydrogens (tertiary/aromatic N) is 2. The highest BCUT2D eigenvalue weighted by atomic mass is 127. The van der Waals surface area contributed by atoms with Gasteiger partial charge in [0.1, 0.15) is 0 Å². The molecule has 0 saturated heterocycles. The van der Waals surface area contributed by atoms with Gasteiger partial charge in [0.2, 0.25) is 0 Å². The molecular formula is C17H33IN4O3S. The zero-order valence-electron chi connectivity index (χ0n) is 16.6. The smallest absolute Gasteiger partial charge is 0.191 e. The maximum Gasteiger partial charge on any atom is 0.191 e. The van der Waals surface area contributed by atoms with Crippen molar-refractivity contribution in [3.63, 3.8) is 0 Å². The summed E-state index contributed by atoms with van der Waals surface area (Å²) in [5, 5.41) is 10.3. The van der Waals surface area contributed by atoms with Crippen molar-refractivity contribution in [2.45, 2.75) is 64.7 Å². The maximum atomic E-state index is 12.1. The molecule has 0 radical (unpaired) electrons. The van der Waals surface area contributed by atoms with Gasteiger partial charge in [0.15, 0.2) is 21.6 Å². The van der Waals surface area contributed by atoms with E-state index in [0.29, 0.717) is 25.0 Å². The fourth-order valence-electron chi connectivity index (χ4n) is 2.31. The topological polar surface area (TPSA) is 96.6 Å². The molecule has 0 aliphatic rings. The van der Waals surface area contributed by atoms with Crippen LogP contribution in [-0.4, -0.2) is 43.6 Å². The molecule has 1 heterocycles. The molecule has 26 heavy (non-hydrogen) atoms. The van der Waals surface area contributed by atoms with Crippen molar-refractivity contribution in [2.24, 2.45) is 4.99 Å². The summed E-state index contributed by atoms with van der Waals surface area (Å²) >= 11 is 0. The highest BCUT2D eigenvalue weighted by Gasteiger charge is 2.28. The molecule has 1 aromatic heterocycles. The zero-order chi connectivity index (χ0) is 19.1. The lowest BCUT2D eigenvalue weighted by Crippen LogP contribution is -2.41. The Hall–Kier alpha value is -0.840. The van der Waals surface area contributed by atoms with Gasteiger partial charge in [-0.15, -0.1) is 24.0 Å². The first-order chi connectivity index (χ1) is 11.6. The summed E-state index contributed by atoms with van der Waals surface area (Å²) in [5.41, 5.74) is 0.973. The molecule has 0 aromatic carbocycles. The lowest BCUT2D eigenvalue weighted by atomic mass is 9.99. The normalized spacial score (nSPS) is 12.8. The van der Waals surface area contributed by atoms with Gasteiger partial charge < -0.3 is 15.2 Å². The first kappa shape index (κ1) is 25.2. The maximum absolute atomic E-state index is 12.1. The molecule has 7 nitrogen and oxygen atoms in total. The van der Waals surface area contributed by atoms with Gasteiger partial charge in [0.25, 0.3) is 0 Å². The molecule has 0 unspecified atom stereocenters. The van der Waals surface area contributed by atoms with Gasteiger partial charge in [0.05, 0.1) is 22.7 Å². The van der Waals surface area contributed by atoms with E-state index < -0.39 is 14.6 Å². The largest absolute Gasteiger partial charge is 0.359 e. The number of aromatic nitrogens is 1. The standard InChI is InChI=1S/C17H32N4O3S.HI/c1-7-13(8-2)15-11-14(24-21-15)12-20-16(18-6)19-9-10-25(22,23)17(3,4)5;/h11,13H,7-10,12H2,1-6H3,(H2,18,19,20);1H. The number of halogens is 1. The number of guanidine groups is 1. The molecule has 1 rings (SSSR count). The Bertz CT molecular complexity index is 662. The summed E-state index contributed by atoms with van der Waals surface area (Å²) in [6.45, 7) is 10.1. The fourth-order valence-corrected chi connectivity index (χ4v) is 3.30. The molecule has 2 N–H and O–H groups in total. The molecule has 0 atom stereocenters. The van der Waals surface area contributed by atoms with E-state index in [2.05, 4.69) is 34.6 Å².